The van der Waals surface area contributed by atoms with Gasteiger partial charge < -0.3 is 0 Å². The molecule has 0 radical (unpaired) electrons. The standard InChI is InChI=1S/C11H8BrN3O3S/c1-6-2-3-7(4-8(6)15(17)18)10(16)14-11-13-5-9(12)19-11/h2-5H,1H3,(H,13,14,16). The summed E-state index contributed by atoms with van der Waals surface area (Å²) in [7, 11) is 0. The van der Waals surface area contributed by atoms with Crippen molar-refractivity contribution in [3.05, 3.63) is 49.4 Å². The fraction of sp³-hybridized carbons (Fsp3) is 0.0909. The molecule has 0 aliphatic rings. The normalized spacial score (nSPS) is 10.2. The minimum absolute atomic E-state index is 0.0760. The van der Waals surface area contributed by atoms with Crippen molar-refractivity contribution >= 4 is 44.0 Å². The van der Waals surface area contributed by atoms with Crippen LogP contribution in [0.1, 0.15) is 15.9 Å². The van der Waals surface area contributed by atoms with Gasteiger partial charge in [-0.3, -0.25) is 20.2 Å². The van der Waals surface area contributed by atoms with Crippen molar-refractivity contribution in [1.29, 1.82) is 0 Å². The Balaban J connectivity index is 2.24. The largest absolute Gasteiger partial charge is 0.298 e. The average Bonchev–Trinajstić information content (AvgIpc) is 2.74. The maximum atomic E-state index is 11.9. The molecule has 98 valence electrons. The Bertz CT molecular complexity index is 656. The fourth-order valence-electron chi connectivity index (χ4n) is 1.43. The van der Waals surface area contributed by atoms with Gasteiger partial charge in [0.15, 0.2) is 5.13 Å². The van der Waals surface area contributed by atoms with Crippen LogP contribution in [0.2, 0.25) is 0 Å². The number of nitrogens with one attached hydrogen (secondary N) is 1. The molecule has 1 aromatic heterocycles. The summed E-state index contributed by atoms with van der Waals surface area (Å²) in [5.74, 6) is -0.426. The molecule has 0 aliphatic heterocycles. The number of nitro benzene ring substituents is 1. The van der Waals surface area contributed by atoms with E-state index in [9.17, 15) is 14.9 Å². The summed E-state index contributed by atoms with van der Waals surface area (Å²) in [5, 5.41) is 13.8. The van der Waals surface area contributed by atoms with Gasteiger partial charge in [0.2, 0.25) is 0 Å². The number of nitrogens with zero attached hydrogens (tertiary/aromatic N) is 2. The maximum Gasteiger partial charge on any atom is 0.273 e. The highest BCUT2D eigenvalue weighted by Crippen LogP contribution is 2.24. The lowest BCUT2D eigenvalue weighted by Gasteiger charge is -2.03. The van der Waals surface area contributed by atoms with Gasteiger partial charge in [-0.05, 0) is 28.9 Å². The highest BCUT2D eigenvalue weighted by molar-refractivity contribution is 9.11. The highest BCUT2D eigenvalue weighted by Gasteiger charge is 2.15. The second-order valence-corrected chi connectivity index (χ2v) is 6.09. The van der Waals surface area contributed by atoms with Crippen molar-refractivity contribution < 1.29 is 9.72 Å². The van der Waals surface area contributed by atoms with Crippen LogP contribution in [0.25, 0.3) is 0 Å². The van der Waals surface area contributed by atoms with Crippen LogP contribution in [0.5, 0.6) is 0 Å². The van der Waals surface area contributed by atoms with Crippen molar-refractivity contribution in [2.75, 3.05) is 5.32 Å². The van der Waals surface area contributed by atoms with E-state index >= 15 is 0 Å². The van der Waals surface area contributed by atoms with Crippen molar-refractivity contribution in [2.24, 2.45) is 0 Å². The Labute approximate surface area is 120 Å². The molecule has 8 heteroatoms. The van der Waals surface area contributed by atoms with Crippen LogP contribution in [0.3, 0.4) is 0 Å². The van der Waals surface area contributed by atoms with E-state index in [-0.39, 0.29) is 11.3 Å². The van der Waals surface area contributed by atoms with Crippen molar-refractivity contribution in [1.82, 2.24) is 4.98 Å². The summed E-state index contributed by atoms with van der Waals surface area (Å²) in [5.41, 5.74) is 0.662. The van der Waals surface area contributed by atoms with E-state index in [0.717, 1.165) is 3.79 Å². The summed E-state index contributed by atoms with van der Waals surface area (Å²) < 4.78 is 0.790. The summed E-state index contributed by atoms with van der Waals surface area (Å²) in [4.78, 5) is 26.2. The van der Waals surface area contributed by atoms with Crippen LogP contribution >= 0.6 is 27.3 Å². The van der Waals surface area contributed by atoms with E-state index in [1.165, 1.54) is 17.4 Å². The Morgan fingerprint density at radius 3 is 2.84 bits per heavy atom. The molecule has 19 heavy (non-hydrogen) atoms. The first-order valence-corrected chi connectivity index (χ1v) is 6.76. The number of aromatic nitrogens is 1. The molecule has 1 N–H and O–H groups in total. The van der Waals surface area contributed by atoms with E-state index in [4.69, 9.17) is 0 Å². The zero-order chi connectivity index (χ0) is 14.0. The number of benzene rings is 1. The van der Waals surface area contributed by atoms with Gasteiger partial charge in [0.25, 0.3) is 11.6 Å². The number of halogens is 1. The van der Waals surface area contributed by atoms with E-state index in [2.05, 4.69) is 26.2 Å². The fourth-order valence-corrected chi connectivity index (χ4v) is 2.53. The number of anilines is 1. The zero-order valence-electron chi connectivity index (χ0n) is 9.71. The third-order valence-corrected chi connectivity index (χ3v) is 3.76. The van der Waals surface area contributed by atoms with Crippen molar-refractivity contribution in [3.8, 4) is 0 Å². The van der Waals surface area contributed by atoms with Gasteiger partial charge in [-0.1, -0.05) is 17.4 Å². The molecule has 0 aliphatic carbocycles. The van der Waals surface area contributed by atoms with Crippen LogP contribution in [0.4, 0.5) is 10.8 Å². The van der Waals surface area contributed by atoms with E-state index in [1.54, 1.807) is 25.3 Å². The van der Waals surface area contributed by atoms with Gasteiger partial charge in [0, 0.05) is 17.2 Å². The van der Waals surface area contributed by atoms with E-state index < -0.39 is 10.8 Å². The van der Waals surface area contributed by atoms with Gasteiger partial charge in [0.05, 0.1) is 14.9 Å². The lowest BCUT2D eigenvalue weighted by molar-refractivity contribution is -0.385. The van der Waals surface area contributed by atoms with Gasteiger partial charge in [-0.25, -0.2) is 4.98 Å². The summed E-state index contributed by atoms with van der Waals surface area (Å²) >= 11 is 4.50. The number of amides is 1. The smallest absolute Gasteiger partial charge is 0.273 e. The Morgan fingerprint density at radius 2 is 2.26 bits per heavy atom. The number of hydrogen-bond donors (Lipinski definition) is 1. The molecule has 0 atom stereocenters. The molecule has 0 fully saturated rings. The number of rotatable bonds is 3. The molecule has 0 saturated carbocycles. The molecule has 0 saturated heterocycles. The Kier molecular flexibility index (Phi) is 3.91. The van der Waals surface area contributed by atoms with E-state index in [1.807, 2.05) is 0 Å². The van der Waals surface area contributed by atoms with Crippen molar-refractivity contribution in [3.63, 3.8) is 0 Å². The first-order valence-electron chi connectivity index (χ1n) is 5.15. The third-order valence-electron chi connectivity index (χ3n) is 2.37. The van der Waals surface area contributed by atoms with Crippen LogP contribution in [0.15, 0.2) is 28.2 Å². The lowest BCUT2D eigenvalue weighted by atomic mass is 10.1. The van der Waals surface area contributed by atoms with Crippen LogP contribution in [-0.4, -0.2) is 15.8 Å². The Morgan fingerprint density at radius 1 is 1.53 bits per heavy atom. The number of aryl methyl sites for hydroxylation is 1. The molecule has 1 amide bonds. The SMILES string of the molecule is Cc1ccc(C(=O)Nc2ncc(Br)s2)cc1[N+](=O)[O-]. The molecular formula is C11H8BrN3O3S. The highest BCUT2D eigenvalue weighted by atomic mass is 79.9. The molecule has 1 heterocycles. The predicted molar refractivity (Wildman–Crippen MR) is 75.6 cm³/mol. The van der Waals surface area contributed by atoms with Gasteiger partial charge >= 0.3 is 0 Å². The quantitative estimate of drug-likeness (QED) is 0.684. The van der Waals surface area contributed by atoms with Gasteiger partial charge in [-0.15, -0.1) is 0 Å². The zero-order valence-corrected chi connectivity index (χ0v) is 12.1. The van der Waals surface area contributed by atoms with Gasteiger partial charge in [-0.2, -0.15) is 0 Å². The predicted octanol–water partition coefficient (Wildman–Crippen LogP) is 3.37. The summed E-state index contributed by atoms with van der Waals surface area (Å²) in [6.07, 6.45) is 1.57. The minimum atomic E-state index is -0.508. The molecule has 1 aromatic carbocycles. The molecule has 0 unspecified atom stereocenters. The molecule has 2 aromatic rings. The minimum Gasteiger partial charge on any atom is -0.298 e. The molecular weight excluding hydrogens is 334 g/mol. The molecule has 2 rings (SSSR count). The molecule has 0 bridgehead atoms. The lowest BCUT2D eigenvalue weighted by Crippen LogP contribution is -2.12. The molecule has 6 nitrogen and oxygen atoms in total. The molecule has 0 spiro atoms. The number of carbonyl (C=O) groups is 1. The van der Waals surface area contributed by atoms with Crippen LogP contribution in [-0.2, 0) is 0 Å². The van der Waals surface area contributed by atoms with E-state index in [0.29, 0.717) is 10.7 Å². The second-order valence-electron chi connectivity index (χ2n) is 3.68. The first-order chi connectivity index (χ1) is 8.97. The van der Waals surface area contributed by atoms with Crippen LogP contribution in [0, 0.1) is 17.0 Å². The van der Waals surface area contributed by atoms with Crippen molar-refractivity contribution in [2.45, 2.75) is 6.92 Å². The second kappa shape index (κ2) is 5.45. The monoisotopic (exact) mass is 341 g/mol. The number of thiazole rings is 1. The topological polar surface area (TPSA) is 85.1 Å². The first kappa shape index (κ1) is 13.6. The summed E-state index contributed by atoms with van der Waals surface area (Å²) in [6.45, 7) is 1.62. The third kappa shape index (κ3) is 3.15. The number of carbonyl (C=O) groups excluding carboxylic acids is 1. The number of hydrogen-bond acceptors (Lipinski definition) is 5. The summed E-state index contributed by atoms with van der Waals surface area (Å²) in [6, 6.07) is 4.35. The average molecular weight is 342 g/mol. The van der Waals surface area contributed by atoms with Gasteiger partial charge in [0.1, 0.15) is 0 Å². The number of nitro groups is 1. The Hall–Kier alpha value is -1.80. The van der Waals surface area contributed by atoms with Crippen LogP contribution < -0.4 is 5.32 Å². The maximum absolute atomic E-state index is 11.9.